The molecule has 0 aromatic rings. The van der Waals surface area contributed by atoms with Gasteiger partial charge in [0, 0.05) is 32.7 Å². The summed E-state index contributed by atoms with van der Waals surface area (Å²) in [6, 6.07) is 0. The first-order chi connectivity index (χ1) is 7.63. The van der Waals surface area contributed by atoms with Gasteiger partial charge in [-0.3, -0.25) is 4.90 Å². The van der Waals surface area contributed by atoms with Crippen molar-refractivity contribution < 1.29 is 4.74 Å². The molecule has 0 atom stereocenters. The van der Waals surface area contributed by atoms with E-state index in [1.165, 1.54) is 32.5 Å². The summed E-state index contributed by atoms with van der Waals surface area (Å²) in [5.41, 5.74) is 0. The number of likely N-dealkylation sites (tertiary alicyclic amines) is 2. The molecule has 3 nitrogen and oxygen atoms in total. The van der Waals surface area contributed by atoms with Gasteiger partial charge in [-0.25, -0.2) is 0 Å². The minimum atomic E-state index is 0.521. The van der Waals surface area contributed by atoms with Crippen LogP contribution in [0, 0.1) is 5.92 Å². The maximum absolute atomic E-state index is 6.12. The fraction of sp³-hybridized carbons (Fsp3) is 1.00. The van der Waals surface area contributed by atoms with Gasteiger partial charge in [0.1, 0.15) is 0 Å². The third kappa shape index (κ3) is 3.44. The molecule has 2 heterocycles. The van der Waals surface area contributed by atoms with Crippen LogP contribution in [0.1, 0.15) is 26.7 Å². The number of ether oxygens (including phenoxy) is 1. The Morgan fingerprint density at radius 3 is 2.31 bits per heavy atom. The van der Waals surface area contributed by atoms with E-state index in [9.17, 15) is 0 Å². The second-order valence-electron chi connectivity index (χ2n) is 5.87. The molecule has 16 heavy (non-hydrogen) atoms. The molecule has 2 fully saturated rings. The van der Waals surface area contributed by atoms with E-state index in [0.717, 1.165) is 19.0 Å². The van der Waals surface area contributed by atoms with Crippen LogP contribution >= 0.6 is 0 Å². The highest BCUT2D eigenvalue weighted by atomic mass is 16.5. The van der Waals surface area contributed by atoms with E-state index >= 15 is 0 Å². The molecule has 2 aliphatic rings. The molecule has 0 unspecified atom stereocenters. The van der Waals surface area contributed by atoms with Crippen molar-refractivity contribution in [3.8, 4) is 0 Å². The van der Waals surface area contributed by atoms with Gasteiger partial charge in [0.25, 0.3) is 0 Å². The van der Waals surface area contributed by atoms with Crippen molar-refractivity contribution in [3.05, 3.63) is 0 Å². The van der Waals surface area contributed by atoms with Gasteiger partial charge in [-0.15, -0.1) is 0 Å². The lowest BCUT2D eigenvalue weighted by Crippen LogP contribution is -2.54. The first-order valence-corrected chi connectivity index (χ1v) is 6.70. The highest BCUT2D eigenvalue weighted by Crippen LogP contribution is 2.20. The number of hydrogen-bond acceptors (Lipinski definition) is 3. The molecule has 0 N–H and O–H groups in total. The molecular weight excluding hydrogens is 200 g/mol. The van der Waals surface area contributed by atoms with Crippen molar-refractivity contribution in [2.45, 2.75) is 38.9 Å². The van der Waals surface area contributed by atoms with Crippen LogP contribution in [0.5, 0.6) is 0 Å². The van der Waals surface area contributed by atoms with Crippen LogP contribution < -0.4 is 0 Å². The number of hydrogen-bond donors (Lipinski definition) is 0. The molecule has 0 bridgehead atoms. The van der Waals surface area contributed by atoms with Crippen LogP contribution in [-0.4, -0.2) is 61.8 Å². The summed E-state index contributed by atoms with van der Waals surface area (Å²) in [5.74, 6) is 0.782. The molecular formula is C13H26N2O. The van der Waals surface area contributed by atoms with Gasteiger partial charge in [-0.05, 0) is 25.8 Å². The highest BCUT2D eigenvalue weighted by molar-refractivity contribution is 4.83. The van der Waals surface area contributed by atoms with Crippen molar-refractivity contribution in [1.29, 1.82) is 0 Å². The van der Waals surface area contributed by atoms with Crippen molar-refractivity contribution in [3.63, 3.8) is 0 Å². The average molecular weight is 226 g/mol. The van der Waals surface area contributed by atoms with Gasteiger partial charge < -0.3 is 9.64 Å². The maximum atomic E-state index is 6.12. The molecule has 0 spiro atoms. The summed E-state index contributed by atoms with van der Waals surface area (Å²) in [6.45, 7) is 10.5. The summed E-state index contributed by atoms with van der Waals surface area (Å²) >= 11 is 0. The molecule has 0 saturated carbocycles. The molecule has 3 heteroatoms. The van der Waals surface area contributed by atoms with Crippen LogP contribution in [0.3, 0.4) is 0 Å². The standard InChI is InChI=1S/C13H26N2O/c1-11(2)8-15-9-13(10-15)16-12-4-6-14(3)7-5-12/h11-13H,4-10H2,1-3H3. The second-order valence-corrected chi connectivity index (χ2v) is 5.87. The number of rotatable bonds is 4. The molecule has 94 valence electrons. The summed E-state index contributed by atoms with van der Waals surface area (Å²) in [6.07, 6.45) is 3.49. The van der Waals surface area contributed by atoms with Gasteiger partial charge in [0.15, 0.2) is 0 Å². The second kappa shape index (κ2) is 5.48. The Bertz CT molecular complexity index is 206. The normalized spacial score (nSPS) is 26.2. The van der Waals surface area contributed by atoms with Crippen molar-refractivity contribution in [1.82, 2.24) is 9.80 Å². The maximum Gasteiger partial charge on any atom is 0.0832 e. The number of nitrogens with zero attached hydrogens (tertiary/aromatic N) is 2. The molecule has 0 aromatic carbocycles. The van der Waals surface area contributed by atoms with E-state index in [1.54, 1.807) is 0 Å². The van der Waals surface area contributed by atoms with E-state index in [2.05, 4.69) is 30.7 Å². The lowest BCUT2D eigenvalue weighted by molar-refractivity contribution is -0.108. The monoisotopic (exact) mass is 226 g/mol. The molecule has 2 aliphatic heterocycles. The third-order valence-electron chi connectivity index (χ3n) is 3.60. The van der Waals surface area contributed by atoms with Crippen LogP contribution in [-0.2, 0) is 4.74 Å². The lowest BCUT2D eigenvalue weighted by Gasteiger charge is -2.42. The van der Waals surface area contributed by atoms with E-state index < -0.39 is 0 Å². The van der Waals surface area contributed by atoms with E-state index in [1.807, 2.05) is 0 Å². The van der Waals surface area contributed by atoms with Gasteiger partial charge in [0.05, 0.1) is 12.2 Å². The number of piperidine rings is 1. The first-order valence-electron chi connectivity index (χ1n) is 6.70. The summed E-state index contributed by atoms with van der Waals surface area (Å²) < 4.78 is 6.12. The van der Waals surface area contributed by atoms with Crippen molar-refractivity contribution >= 4 is 0 Å². The van der Waals surface area contributed by atoms with Crippen LogP contribution in [0.4, 0.5) is 0 Å². The van der Waals surface area contributed by atoms with Gasteiger partial charge in [-0.2, -0.15) is 0 Å². The zero-order valence-electron chi connectivity index (χ0n) is 11.0. The van der Waals surface area contributed by atoms with Gasteiger partial charge in [0.2, 0.25) is 0 Å². The van der Waals surface area contributed by atoms with E-state index in [4.69, 9.17) is 4.74 Å². The molecule has 0 radical (unpaired) electrons. The van der Waals surface area contributed by atoms with Gasteiger partial charge >= 0.3 is 0 Å². The molecule has 0 amide bonds. The molecule has 0 aliphatic carbocycles. The minimum absolute atomic E-state index is 0.521. The first kappa shape index (κ1) is 12.3. The van der Waals surface area contributed by atoms with Crippen LogP contribution in [0.2, 0.25) is 0 Å². The Morgan fingerprint density at radius 2 is 1.75 bits per heavy atom. The highest BCUT2D eigenvalue weighted by Gasteiger charge is 2.30. The molecule has 0 aromatic heterocycles. The quantitative estimate of drug-likeness (QED) is 0.721. The Morgan fingerprint density at radius 1 is 1.12 bits per heavy atom. The smallest absolute Gasteiger partial charge is 0.0832 e. The molecule has 2 rings (SSSR count). The van der Waals surface area contributed by atoms with Crippen LogP contribution in [0.15, 0.2) is 0 Å². The average Bonchev–Trinajstić information content (AvgIpc) is 2.17. The third-order valence-corrected chi connectivity index (χ3v) is 3.60. The van der Waals surface area contributed by atoms with E-state index in [-0.39, 0.29) is 0 Å². The minimum Gasteiger partial charge on any atom is -0.372 e. The van der Waals surface area contributed by atoms with Crippen molar-refractivity contribution in [2.24, 2.45) is 5.92 Å². The Hall–Kier alpha value is -0.120. The summed E-state index contributed by atoms with van der Waals surface area (Å²) in [5, 5.41) is 0. The Balaban J connectivity index is 1.59. The Labute approximate surface area is 99.7 Å². The largest absolute Gasteiger partial charge is 0.372 e. The SMILES string of the molecule is CC(C)CN1CC(OC2CCN(C)CC2)C1. The summed E-state index contributed by atoms with van der Waals surface area (Å²) in [4.78, 5) is 4.90. The van der Waals surface area contributed by atoms with Crippen LogP contribution in [0.25, 0.3) is 0 Å². The fourth-order valence-electron chi connectivity index (χ4n) is 2.67. The topological polar surface area (TPSA) is 15.7 Å². The predicted octanol–water partition coefficient (Wildman–Crippen LogP) is 1.44. The Kier molecular flexibility index (Phi) is 4.22. The van der Waals surface area contributed by atoms with Gasteiger partial charge in [-0.1, -0.05) is 13.8 Å². The van der Waals surface area contributed by atoms with Crippen molar-refractivity contribution in [2.75, 3.05) is 39.8 Å². The zero-order valence-corrected chi connectivity index (χ0v) is 11.0. The predicted molar refractivity (Wildman–Crippen MR) is 66.7 cm³/mol. The fourth-order valence-corrected chi connectivity index (χ4v) is 2.67. The molecule has 2 saturated heterocycles. The lowest BCUT2D eigenvalue weighted by atomic mass is 10.1. The zero-order chi connectivity index (χ0) is 11.5. The van der Waals surface area contributed by atoms with E-state index in [0.29, 0.717) is 12.2 Å². The summed E-state index contributed by atoms with van der Waals surface area (Å²) in [7, 11) is 2.20.